The number of para-hydroxylation sites is 1. The second-order valence-corrected chi connectivity index (χ2v) is 5.66. The first-order valence-corrected chi connectivity index (χ1v) is 7.18. The number of nitrogens with zero attached hydrogens (tertiary/aromatic N) is 1. The minimum atomic E-state index is 0.212. The molecule has 2 heterocycles. The van der Waals surface area contributed by atoms with Crippen LogP contribution in [0.5, 0.6) is 5.75 Å². The van der Waals surface area contributed by atoms with E-state index < -0.39 is 0 Å². The fraction of sp³-hybridized carbons (Fsp3) is 0.500. The Labute approximate surface area is 119 Å². The molecule has 0 radical (unpaired) electrons. The number of hydrogen-bond donors (Lipinski definition) is 1. The molecule has 2 unspecified atom stereocenters. The van der Waals surface area contributed by atoms with E-state index in [2.05, 4.69) is 36.3 Å². The van der Waals surface area contributed by atoms with Gasteiger partial charge in [-0.05, 0) is 39.1 Å². The highest BCUT2D eigenvalue weighted by Crippen LogP contribution is 2.31. The predicted octanol–water partition coefficient (Wildman–Crippen LogP) is 2.80. The molecule has 3 rings (SSSR count). The lowest BCUT2D eigenvalue weighted by atomic mass is 10.1. The van der Waals surface area contributed by atoms with Gasteiger partial charge in [0.05, 0.1) is 13.2 Å². The monoisotopic (exact) mass is 274 g/mol. The summed E-state index contributed by atoms with van der Waals surface area (Å²) in [5.74, 6) is 1.76. The molecule has 108 valence electrons. The van der Waals surface area contributed by atoms with Crippen LogP contribution >= 0.6 is 0 Å². The summed E-state index contributed by atoms with van der Waals surface area (Å²) in [5, 5.41) is 4.74. The maximum atomic E-state index is 5.99. The molecule has 1 fully saturated rings. The van der Waals surface area contributed by atoms with Crippen molar-refractivity contribution in [3.8, 4) is 5.75 Å². The predicted molar refractivity (Wildman–Crippen MR) is 80.2 cm³/mol. The molecule has 1 aliphatic rings. The molecular formula is C16H22N2O2. The van der Waals surface area contributed by atoms with Gasteiger partial charge in [0, 0.05) is 18.0 Å². The summed E-state index contributed by atoms with van der Waals surface area (Å²) in [5.41, 5.74) is 0.835. The Balaban J connectivity index is 1.79. The van der Waals surface area contributed by atoms with Crippen molar-refractivity contribution in [1.29, 1.82) is 0 Å². The Bertz CT molecular complexity index is 593. The van der Waals surface area contributed by atoms with E-state index in [0.29, 0.717) is 6.04 Å². The Morgan fingerprint density at radius 2 is 2.30 bits per heavy atom. The second kappa shape index (κ2) is 5.46. The van der Waals surface area contributed by atoms with E-state index in [9.17, 15) is 0 Å². The third-order valence-corrected chi connectivity index (χ3v) is 4.05. The highest BCUT2D eigenvalue weighted by Gasteiger charge is 2.22. The van der Waals surface area contributed by atoms with Crippen molar-refractivity contribution in [3.63, 3.8) is 0 Å². The highest BCUT2D eigenvalue weighted by molar-refractivity contribution is 5.83. The summed E-state index contributed by atoms with van der Waals surface area (Å²) in [6, 6.07) is 8.84. The SMILES string of the molecule is COc1cccc2cc(C(C)NC3CCN(C)C3)oc12. The molecule has 20 heavy (non-hydrogen) atoms. The lowest BCUT2D eigenvalue weighted by Gasteiger charge is -2.17. The minimum Gasteiger partial charge on any atom is -0.493 e. The van der Waals surface area contributed by atoms with Crippen molar-refractivity contribution < 1.29 is 9.15 Å². The Hall–Kier alpha value is -1.52. The van der Waals surface area contributed by atoms with Gasteiger partial charge in [0.25, 0.3) is 0 Å². The maximum Gasteiger partial charge on any atom is 0.176 e. The van der Waals surface area contributed by atoms with E-state index in [0.717, 1.165) is 29.0 Å². The fourth-order valence-electron chi connectivity index (χ4n) is 2.94. The minimum absolute atomic E-state index is 0.212. The number of hydrogen-bond acceptors (Lipinski definition) is 4. The average molecular weight is 274 g/mol. The standard InChI is InChI=1S/C16H22N2O2/c1-11(17-13-7-8-18(2)10-13)15-9-12-5-4-6-14(19-3)16(12)20-15/h4-6,9,11,13,17H,7-8,10H2,1-3H3. The second-order valence-electron chi connectivity index (χ2n) is 5.66. The van der Waals surface area contributed by atoms with Gasteiger partial charge >= 0.3 is 0 Å². The quantitative estimate of drug-likeness (QED) is 0.930. The van der Waals surface area contributed by atoms with Crippen LogP contribution in [-0.2, 0) is 0 Å². The number of ether oxygens (including phenoxy) is 1. The van der Waals surface area contributed by atoms with Gasteiger partial charge in [-0.3, -0.25) is 0 Å². The van der Waals surface area contributed by atoms with E-state index >= 15 is 0 Å². The molecule has 1 aromatic carbocycles. The maximum absolute atomic E-state index is 5.99. The zero-order chi connectivity index (χ0) is 14.1. The summed E-state index contributed by atoms with van der Waals surface area (Å²) < 4.78 is 11.3. The van der Waals surface area contributed by atoms with Crippen LogP contribution in [0.2, 0.25) is 0 Å². The number of likely N-dealkylation sites (N-methyl/N-ethyl adjacent to an activating group) is 1. The third kappa shape index (κ3) is 2.53. The van der Waals surface area contributed by atoms with Crippen LogP contribution in [0.3, 0.4) is 0 Å². The van der Waals surface area contributed by atoms with Crippen molar-refractivity contribution in [3.05, 3.63) is 30.0 Å². The van der Waals surface area contributed by atoms with Gasteiger partial charge in [-0.25, -0.2) is 0 Å². The van der Waals surface area contributed by atoms with Gasteiger partial charge in [0.1, 0.15) is 5.76 Å². The van der Waals surface area contributed by atoms with Crippen LogP contribution in [0.25, 0.3) is 11.0 Å². The molecule has 0 saturated carbocycles. The van der Waals surface area contributed by atoms with E-state index in [1.165, 1.54) is 13.0 Å². The van der Waals surface area contributed by atoms with Crippen LogP contribution in [0, 0.1) is 0 Å². The van der Waals surface area contributed by atoms with Crippen LogP contribution in [0.1, 0.15) is 25.1 Å². The van der Waals surface area contributed by atoms with Gasteiger partial charge < -0.3 is 19.4 Å². The lowest BCUT2D eigenvalue weighted by Crippen LogP contribution is -2.33. The smallest absolute Gasteiger partial charge is 0.176 e. The molecule has 2 aromatic rings. The summed E-state index contributed by atoms with van der Waals surface area (Å²) in [4.78, 5) is 2.35. The molecule has 4 heteroatoms. The number of likely N-dealkylation sites (tertiary alicyclic amines) is 1. The van der Waals surface area contributed by atoms with Crippen molar-refractivity contribution in [1.82, 2.24) is 10.2 Å². The molecule has 0 spiro atoms. The summed E-state index contributed by atoms with van der Waals surface area (Å²) in [7, 11) is 3.84. The van der Waals surface area contributed by atoms with Gasteiger partial charge in [-0.2, -0.15) is 0 Å². The topological polar surface area (TPSA) is 37.6 Å². The van der Waals surface area contributed by atoms with Crippen molar-refractivity contribution in [2.75, 3.05) is 27.2 Å². The van der Waals surface area contributed by atoms with E-state index in [4.69, 9.17) is 9.15 Å². The van der Waals surface area contributed by atoms with E-state index in [1.54, 1.807) is 7.11 Å². The van der Waals surface area contributed by atoms with Crippen molar-refractivity contribution in [2.24, 2.45) is 0 Å². The fourth-order valence-corrected chi connectivity index (χ4v) is 2.94. The zero-order valence-electron chi connectivity index (χ0n) is 12.3. The number of fused-ring (bicyclic) bond motifs is 1. The van der Waals surface area contributed by atoms with Crippen LogP contribution in [0.4, 0.5) is 0 Å². The Morgan fingerprint density at radius 3 is 3.00 bits per heavy atom. The largest absolute Gasteiger partial charge is 0.493 e. The summed E-state index contributed by atoms with van der Waals surface area (Å²) in [6.45, 7) is 4.43. The van der Waals surface area contributed by atoms with E-state index in [-0.39, 0.29) is 6.04 Å². The normalized spacial score (nSPS) is 21.4. The first-order chi connectivity index (χ1) is 9.67. The molecule has 1 aliphatic heterocycles. The number of methoxy groups -OCH3 is 1. The first kappa shape index (κ1) is 13.5. The average Bonchev–Trinajstić information content (AvgIpc) is 3.04. The lowest BCUT2D eigenvalue weighted by molar-refractivity contribution is 0.366. The number of benzene rings is 1. The first-order valence-electron chi connectivity index (χ1n) is 7.18. The van der Waals surface area contributed by atoms with E-state index in [1.807, 2.05) is 12.1 Å². The zero-order valence-corrected chi connectivity index (χ0v) is 12.3. The van der Waals surface area contributed by atoms with Crippen LogP contribution < -0.4 is 10.1 Å². The molecule has 1 aromatic heterocycles. The highest BCUT2D eigenvalue weighted by atomic mass is 16.5. The van der Waals surface area contributed by atoms with Crippen LogP contribution in [0.15, 0.2) is 28.7 Å². The number of furan rings is 1. The van der Waals surface area contributed by atoms with Crippen LogP contribution in [-0.4, -0.2) is 38.2 Å². The molecule has 0 amide bonds. The molecule has 1 N–H and O–H groups in total. The van der Waals surface area contributed by atoms with Crippen molar-refractivity contribution in [2.45, 2.75) is 25.4 Å². The van der Waals surface area contributed by atoms with Gasteiger partial charge in [-0.15, -0.1) is 0 Å². The van der Waals surface area contributed by atoms with Crippen molar-refractivity contribution >= 4 is 11.0 Å². The molecule has 2 atom stereocenters. The Kier molecular flexibility index (Phi) is 3.68. The molecule has 0 bridgehead atoms. The summed E-state index contributed by atoms with van der Waals surface area (Å²) in [6.07, 6.45) is 1.20. The van der Waals surface area contributed by atoms with Gasteiger partial charge in [0.2, 0.25) is 0 Å². The number of rotatable bonds is 4. The molecular weight excluding hydrogens is 252 g/mol. The Morgan fingerprint density at radius 1 is 1.45 bits per heavy atom. The molecule has 1 saturated heterocycles. The van der Waals surface area contributed by atoms with Gasteiger partial charge in [0.15, 0.2) is 11.3 Å². The summed E-state index contributed by atoms with van der Waals surface area (Å²) >= 11 is 0. The third-order valence-electron chi connectivity index (χ3n) is 4.05. The molecule has 4 nitrogen and oxygen atoms in total. The molecule has 0 aliphatic carbocycles. The van der Waals surface area contributed by atoms with Gasteiger partial charge in [-0.1, -0.05) is 12.1 Å². The number of nitrogens with one attached hydrogen (secondary N) is 1.